The third-order valence-electron chi connectivity index (χ3n) is 5.57. The molecule has 0 bridgehead atoms. The van der Waals surface area contributed by atoms with Gasteiger partial charge in [0.05, 0.1) is 12.3 Å². The summed E-state index contributed by atoms with van der Waals surface area (Å²) in [7, 11) is 0. The summed E-state index contributed by atoms with van der Waals surface area (Å²) in [5.41, 5.74) is 5.86. The quantitative estimate of drug-likeness (QED) is 0.462. The van der Waals surface area contributed by atoms with Gasteiger partial charge < -0.3 is 4.74 Å². The number of benzene rings is 2. The van der Waals surface area contributed by atoms with E-state index in [0.29, 0.717) is 24.4 Å². The molecule has 7 nitrogen and oxygen atoms in total. The van der Waals surface area contributed by atoms with Crippen LogP contribution in [0.15, 0.2) is 88.4 Å². The first-order valence-corrected chi connectivity index (χ1v) is 12.0. The van der Waals surface area contributed by atoms with Crippen LogP contribution >= 0.6 is 0 Å². The number of carbonyl (C=O) groups excluding carboxylic acids is 1. The fraction of sp³-hybridized carbons (Fsp3) is 0.241. The Morgan fingerprint density at radius 2 is 1.97 bits per heavy atom. The van der Waals surface area contributed by atoms with Crippen molar-refractivity contribution in [2.75, 3.05) is 11.9 Å². The number of aliphatic imine (C=N–C) groups is 1. The van der Waals surface area contributed by atoms with E-state index in [4.69, 9.17) is 4.74 Å². The number of carbonyl (C=O) groups is 1. The highest BCUT2D eigenvalue weighted by molar-refractivity contribution is 6.10. The molecule has 184 valence electrons. The van der Waals surface area contributed by atoms with Gasteiger partial charge in [0.2, 0.25) is 5.43 Å². The van der Waals surface area contributed by atoms with Crippen molar-refractivity contribution in [3.05, 3.63) is 106 Å². The minimum absolute atomic E-state index is 0.141. The number of ether oxygens (including phenoxy) is 1. The molecule has 0 spiro atoms. The maximum absolute atomic E-state index is 12.6. The van der Waals surface area contributed by atoms with Crippen LogP contribution in [0, 0.1) is 5.92 Å². The molecule has 0 saturated heterocycles. The van der Waals surface area contributed by atoms with Crippen LogP contribution in [0.4, 0.5) is 10.5 Å². The Hall–Kier alpha value is -4.26. The van der Waals surface area contributed by atoms with Gasteiger partial charge in [-0.15, -0.1) is 0 Å². The second-order valence-corrected chi connectivity index (χ2v) is 9.23. The molecule has 1 aliphatic heterocycles. The molecule has 0 atom stereocenters. The molecule has 0 saturated carbocycles. The van der Waals surface area contributed by atoms with E-state index in [1.807, 2.05) is 68.7 Å². The van der Waals surface area contributed by atoms with Gasteiger partial charge in [0.1, 0.15) is 5.69 Å². The number of nitrogens with one attached hydrogen (secondary N) is 1. The first-order valence-electron chi connectivity index (χ1n) is 12.0. The van der Waals surface area contributed by atoms with Crippen LogP contribution in [0.3, 0.4) is 0 Å². The second kappa shape index (κ2) is 11.4. The zero-order chi connectivity index (χ0) is 25.5. The molecule has 0 aliphatic carbocycles. The molecule has 0 unspecified atom stereocenters. The number of rotatable bonds is 7. The summed E-state index contributed by atoms with van der Waals surface area (Å²) in [6, 6.07) is 16.9. The van der Waals surface area contributed by atoms with Crippen molar-refractivity contribution in [1.29, 1.82) is 0 Å². The van der Waals surface area contributed by atoms with Crippen LogP contribution in [0.25, 0.3) is 11.3 Å². The number of aromatic nitrogens is 2. The predicted octanol–water partition coefficient (Wildman–Crippen LogP) is 5.79. The highest BCUT2D eigenvalue weighted by Crippen LogP contribution is 2.20. The lowest BCUT2D eigenvalue weighted by molar-refractivity contribution is 0.147. The van der Waals surface area contributed by atoms with Gasteiger partial charge >= 0.3 is 6.09 Å². The number of hydrogen-bond donors (Lipinski definition) is 1. The average molecular weight is 483 g/mol. The molecule has 36 heavy (non-hydrogen) atoms. The molecule has 2 heterocycles. The number of hydrogen-bond acceptors (Lipinski definition) is 5. The monoisotopic (exact) mass is 482 g/mol. The third-order valence-corrected chi connectivity index (χ3v) is 5.57. The van der Waals surface area contributed by atoms with Gasteiger partial charge in [-0.25, -0.2) is 9.48 Å². The van der Waals surface area contributed by atoms with Crippen molar-refractivity contribution in [2.45, 2.75) is 33.6 Å². The van der Waals surface area contributed by atoms with Crippen molar-refractivity contribution in [3.8, 4) is 5.69 Å². The Kier molecular flexibility index (Phi) is 7.90. The van der Waals surface area contributed by atoms with E-state index in [2.05, 4.69) is 28.4 Å². The summed E-state index contributed by atoms with van der Waals surface area (Å²) in [5.74, 6) is 0.257. The molecule has 1 amide bonds. The minimum Gasteiger partial charge on any atom is -0.449 e. The normalized spacial score (nSPS) is 13.1. The SMILES string of the molecule is CC1=CN=CC(c2cccc(-n3ccc(=O)c(Cc4cccc(NC(=O)OCC(C)C)c4)n3)c2)=CC1. The Morgan fingerprint density at radius 1 is 1.14 bits per heavy atom. The van der Waals surface area contributed by atoms with E-state index in [0.717, 1.165) is 28.8 Å². The van der Waals surface area contributed by atoms with Gasteiger partial charge in [0.15, 0.2) is 0 Å². The van der Waals surface area contributed by atoms with Crippen LogP contribution in [-0.4, -0.2) is 28.7 Å². The van der Waals surface area contributed by atoms with Gasteiger partial charge in [0.25, 0.3) is 0 Å². The van der Waals surface area contributed by atoms with E-state index < -0.39 is 6.09 Å². The van der Waals surface area contributed by atoms with Gasteiger partial charge in [-0.1, -0.05) is 49.8 Å². The van der Waals surface area contributed by atoms with Crippen LogP contribution in [0.2, 0.25) is 0 Å². The van der Waals surface area contributed by atoms with Gasteiger partial charge in [-0.2, -0.15) is 5.10 Å². The van der Waals surface area contributed by atoms with E-state index in [9.17, 15) is 9.59 Å². The number of allylic oxidation sites excluding steroid dienone is 3. The Bertz CT molecular complexity index is 1400. The molecule has 1 N–H and O–H groups in total. The highest BCUT2D eigenvalue weighted by Gasteiger charge is 2.10. The summed E-state index contributed by atoms with van der Waals surface area (Å²) in [6.45, 7) is 6.36. The lowest BCUT2D eigenvalue weighted by atomic mass is 10.0. The highest BCUT2D eigenvalue weighted by atomic mass is 16.5. The fourth-order valence-electron chi connectivity index (χ4n) is 3.70. The number of anilines is 1. The third kappa shape index (κ3) is 6.66. The maximum Gasteiger partial charge on any atom is 0.411 e. The maximum atomic E-state index is 12.6. The first kappa shape index (κ1) is 24.9. The van der Waals surface area contributed by atoms with Crippen molar-refractivity contribution >= 4 is 23.6 Å². The summed E-state index contributed by atoms with van der Waals surface area (Å²) in [6.07, 6.45) is 8.25. The van der Waals surface area contributed by atoms with Crippen LogP contribution in [0.1, 0.15) is 44.0 Å². The Morgan fingerprint density at radius 3 is 2.81 bits per heavy atom. The zero-order valence-corrected chi connectivity index (χ0v) is 20.8. The van der Waals surface area contributed by atoms with Crippen molar-refractivity contribution in [1.82, 2.24) is 9.78 Å². The molecule has 0 fully saturated rings. The molecule has 4 rings (SSSR count). The summed E-state index contributed by atoms with van der Waals surface area (Å²) < 4.78 is 6.90. The van der Waals surface area contributed by atoms with E-state index in [1.54, 1.807) is 16.9 Å². The average Bonchev–Trinajstić information content (AvgIpc) is 3.09. The smallest absolute Gasteiger partial charge is 0.411 e. The molecule has 7 heteroatoms. The van der Waals surface area contributed by atoms with Gasteiger partial charge in [0, 0.05) is 36.8 Å². The lowest BCUT2D eigenvalue weighted by Gasteiger charge is -2.11. The van der Waals surface area contributed by atoms with Crippen LogP contribution in [0.5, 0.6) is 0 Å². The molecule has 0 radical (unpaired) electrons. The van der Waals surface area contributed by atoms with Gasteiger partial charge in [-0.05, 0) is 60.2 Å². The summed E-state index contributed by atoms with van der Waals surface area (Å²) in [4.78, 5) is 29.0. The topological polar surface area (TPSA) is 85.6 Å². The summed E-state index contributed by atoms with van der Waals surface area (Å²) >= 11 is 0. The van der Waals surface area contributed by atoms with Crippen LogP contribution < -0.4 is 10.7 Å². The molecular weight excluding hydrogens is 452 g/mol. The van der Waals surface area contributed by atoms with Crippen LogP contribution in [-0.2, 0) is 11.2 Å². The Balaban J connectivity index is 1.53. The Labute approximate surface area is 210 Å². The fourth-order valence-corrected chi connectivity index (χ4v) is 3.70. The molecule has 1 aromatic heterocycles. The first-order chi connectivity index (χ1) is 17.4. The van der Waals surface area contributed by atoms with Gasteiger partial charge in [-0.3, -0.25) is 15.1 Å². The van der Waals surface area contributed by atoms with E-state index in [1.165, 1.54) is 11.6 Å². The lowest BCUT2D eigenvalue weighted by Crippen LogP contribution is -2.17. The molecule has 2 aromatic carbocycles. The molecular formula is C29H30N4O3. The standard InChI is InChI=1S/C29H30N4O3/c1-20(2)19-36-29(35)31-25-8-4-6-22(14-25)15-27-28(34)12-13-33(32-27)26-9-5-7-23(16-26)24-11-10-21(3)17-30-18-24/h4-9,11-14,16-18,20H,10,15,19H2,1-3H3,(H,31,35). The predicted molar refractivity (Wildman–Crippen MR) is 144 cm³/mol. The number of amides is 1. The second-order valence-electron chi connectivity index (χ2n) is 9.23. The zero-order valence-electron chi connectivity index (χ0n) is 20.8. The van der Waals surface area contributed by atoms with Crippen molar-refractivity contribution < 1.29 is 9.53 Å². The van der Waals surface area contributed by atoms with Crippen molar-refractivity contribution in [2.24, 2.45) is 10.9 Å². The largest absolute Gasteiger partial charge is 0.449 e. The molecule has 1 aliphatic rings. The molecule has 3 aromatic rings. The van der Waals surface area contributed by atoms with E-state index >= 15 is 0 Å². The summed E-state index contributed by atoms with van der Waals surface area (Å²) in [5, 5.41) is 7.36. The number of nitrogens with zero attached hydrogens (tertiary/aromatic N) is 3. The van der Waals surface area contributed by atoms with E-state index in [-0.39, 0.29) is 11.3 Å². The minimum atomic E-state index is -0.499. The van der Waals surface area contributed by atoms with Crippen molar-refractivity contribution in [3.63, 3.8) is 0 Å².